The predicted octanol–water partition coefficient (Wildman–Crippen LogP) is 2.14. The predicted molar refractivity (Wildman–Crippen MR) is 79.4 cm³/mol. The van der Waals surface area contributed by atoms with Gasteiger partial charge in [0, 0.05) is 38.2 Å². The van der Waals surface area contributed by atoms with Crippen molar-refractivity contribution in [1.82, 2.24) is 0 Å². The summed E-state index contributed by atoms with van der Waals surface area (Å²) in [5, 5.41) is 9.20. The highest BCUT2D eigenvalue weighted by molar-refractivity contribution is 5.95. The van der Waals surface area contributed by atoms with Crippen LogP contribution in [0.2, 0.25) is 0 Å². The number of nitrogens with two attached hydrogens (primary N) is 1. The average molecular weight is 278 g/mol. The highest BCUT2D eigenvalue weighted by atomic mass is 16.5. The molecule has 0 bridgehead atoms. The fraction of sp³-hybridized carbons (Fsp3) is 0.533. The molecular weight excluding hydrogens is 256 g/mol. The molecule has 5 heteroatoms. The molecule has 20 heavy (non-hydrogen) atoms. The van der Waals surface area contributed by atoms with E-state index in [1.54, 1.807) is 6.07 Å². The lowest BCUT2D eigenvalue weighted by Crippen LogP contribution is -2.29. The number of carboxylic acids is 1. The van der Waals surface area contributed by atoms with Gasteiger partial charge in [-0.25, -0.2) is 4.79 Å². The molecule has 1 aromatic carbocycles. The van der Waals surface area contributed by atoms with Gasteiger partial charge in [0.1, 0.15) is 0 Å². The third-order valence-corrected chi connectivity index (χ3v) is 3.92. The van der Waals surface area contributed by atoms with E-state index in [0.717, 1.165) is 43.9 Å². The van der Waals surface area contributed by atoms with Crippen molar-refractivity contribution < 1.29 is 14.6 Å². The van der Waals surface area contributed by atoms with Crippen molar-refractivity contribution in [2.24, 2.45) is 5.92 Å². The second kappa shape index (κ2) is 6.13. The number of carbonyl (C=O) groups is 1. The van der Waals surface area contributed by atoms with Gasteiger partial charge < -0.3 is 20.5 Å². The molecule has 0 aromatic heterocycles. The fourth-order valence-electron chi connectivity index (χ4n) is 2.60. The van der Waals surface area contributed by atoms with Crippen LogP contribution in [0.15, 0.2) is 12.1 Å². The summed E-state index contributed by atoms with van der Waals surface area (Å²) in [4.78, 5) is 13.3. The third kappa shape index (κ3) is 3.22. The summed E-state index contributed by atoms with van der Waals surface area (Å²) in [6, 6.07) is 3.60. The normalized spacial score (nSPS) is 16.1. The van der Waals surface area contributed by atoms with Gasteiger partial charge in [0.15, 0.2) is 0 Å². The summed E-state index contributed by atoms with van der Waals surface area (Å²) in [6.45, 7) is 4.39. The molecule has 1 heterocycles. The number of hydrogen-bond acceptors (Lipinski definition) is 4. The first kappa shape index (κ1) is 14.7. The zero-order valence-electron chi connectivity index (χ0n) is 12.1. The Balaban J connectivity index is 2.16. The molecule has 1 saturated heterocycles. The van der Waals surface area contributed by atoms with Crippen LogP contribution >= 0.6 is 0 Å². The molecule has 5 nitrogen and oxygen atoms in total. The molecular formula is C15H22N2O3. The molecule has 0 amide bonds. The van der Waals surface area contributed by atoms with Crippen LogP contribution in [0.4, 0.5) is 11.4 Å². The topological polar surface area (TPSA) is 75.8 Å². The van der Waals surface area contributed by atoms with Gasteiger partial charge in [-0.15, -0.1) is 0 Å². The minimum Gasteiger partial charge on any atom is -0.478 e. The highest BCUT2D eigenvalue weighted by Gasteiger charge is 2.18. The summed E-state index contributed by atoms with van der Waals surface area (Å²) in [6.07, 6.45) is 2.12. The van der Waals surface area contributed by atoms with Crippen molar-refractivity contribution in [2.45, 2.75) is 19.8 Å². The lowest BCUT2D eigenvalue weighted by Gasteiger charge is -2.29. The van der Waals surface area contributed by atoms with Crippen LogP contribution in [0.25, 0.3) is 0 Å². The molecule has 0 saturated carbocycles. The molecule has 0 aliphatic carbocycles. The van der Waals surface area contributed by atoms with Crippen molar-refractivity contribution in [3.05, 3.63) is 23.3 Å². The first-order valence-corrected chi connectivity index (χ1v) is 6.91. The van der Waals surface area contributed by atoms with E-state index in [1.807, 2.05) is 20.0 Å². The number of benzene rings is 1. The second-order valence-corrected chi connectivity index (χ2v) is 5.47. The summed E-state index contributed by atoms with van der Waals surface area (Å²) < 4.78 is 5.36. The monoisotopic (exact) mass is 278 g/mol. The van der Waals surface area contributed by atoms with E-state index in [2.05, 4.69) is 4.90 Å². The van der Waals surface area contributed by atoms with Crippen molar-refractivity contribution in [3.8, 4) is 0 Å². The quantitative estimate of drug-likeness (QED) is 0.825. The number of nitrogen functional groups attached to an aromatic ring is 1. The van der Waals surface area contributed by atoms with E-state index >= 15 is 0 Å². The molecule has 3 N–H and O–H groups in total. The van der Waals surface area contributed by atoms with Gasteiger partial charge in [0.25, 0.3) is 0 Å². The summed E-state index contributed by atoms with van der Waals surface area (Å²) in [5.41, 5.74) is 8.06. The molecule has 0 unspecified atom stereocenters. The van der Waals surface area contributed by atoms with E-state index in [-0.39, 0.29) is 5.56 Å². The number of aromatic carboxylic acids is 1. The Morgan fingerprint density at radius 2 is 2.10 bits per heavy atom. The lowest BCUT2D eigenvalue weighted by atomic mass is 9.99. The van der Waals surface area contributed by atoms with E-state index < -0.39 is 5.97 Å². The summed E-state index contributed by atoms with van der Waals surface area (Å²) in [7, 11) is 1.99. The minimum atomic E-state index is -0.980. The largest absolute Gasteiger partial charge is 0.478 e. The summed E-state index contributed by atoms with van der Waals surface area (Å²) in [5.74, 6) is -0.383. The Bertz CT molecular complexity index is 496. The highest BCUT2D eigenvalue weighted by Crippen LogP contribution is 2.26. The van der Waals surface area contributed by atoms with E-state index in [1.165, 1.54) is 0 Å². The van der Waals surface area contributed by atoms with Crippen LogP contribution in [0.3, 0.4) is 0 Å². The van der Waals surface area contributed by atoms with Crippen LogP contribution in [0, 0.1) is 12.8 Å². The number of aryl methyl sites for hydroxylation is 1. The molecule has 1 aromatic rings. The maximum absolute atomic E-state index is 11.2. The van der Waals surface area contributed by atoms with Crippen LogP contribution in [0.5, 0.6) is 0 Å². The third-order valence-electron chi connectivity index (χ3n) is 3.92. The Hall–Kier alpha value is -1.75. The fourth-order valence-corrected chi connectivity index (χ4v) is 2.60. The molecule has 1 aliphatic rings. The van der Waals surface area contributed by atoms with Crippen LogP contribution in [0.1, 0.15) is 28.8 Å². The number of ether oxygens (including phenoxy) is 1. The molecule has 2 rings (SSSR count). The first-order valence-electron chi connectivity index (χ1n) is 6.91. The van der Waals surface area contributed by atoms with E-state index in [9.17, 15) is 9.90 Å². The van der Waals surface area contributed by atoms with Crippen molar-refractivity contribution in [1.29, 1.82) is 0 Å². The molecule has 110 valence electrons. The van der Waals surface area contributed by atoms with Gasteiger partial charge in [-0.3, -0.25) is 0 Å². The van der Waals surface area contributed by atoms with Crippen LogP contribution in [-0.2, 0) is 4.74 Å². The van der Waals surface area contributed by atoms with Gasteiger partial charge in [-0.2, -0.15) is 0 Å². The van der Waals surface area contributed by atoms with Crippen molar-refractivity contribution in [3.63, 3.8) is 0 Å². The number of nitrogens with zero attached hydrogens (tertiary/aromatic N) is 1. The Kier molecular flexibility index (Phi) is 4.49. The maximum atomic E-state index is 11.2. The molecule has 1 aliphatic heterocycles. The van der Waals surface area contributed by atoms with Gasteiger partial charge in [-0.1, -0.05) is 0 Å². The Labute approximate surface area is 119 Å². The average Bonchev–Trinajstić information content (AvgIpc) is 2.42. The Morgan fingerprint density at radius 1 is 1.45 bits per heavy atom. The molecule has 0 spiro atoms. The van der Waals surface area contributed by atoms with E-state index in [0.29, 0.717) is 11.6 Å². The minimum absolute atomic E-state index is 0.179. The lowest BCUT2D eigenvalue weighted by molar-refractivity contribution is 0.0685. The van der Waals surface area contributed by atoms with Gasteiger partial charge >= 0.3 is 5.97 Å². The zero-order chi connectivity index (χ0) is 14.7. The van der Waals surface area contributed by atoms with Crippen LogP contribution < -0.4 is 10.6 Å². The second-order valence-electron chi connectivity index (χ2n) is 5.47. The van der Waals surface area contributed by atoms with Crippen molar-refractivity contribution in [2.75, 3.05) is 37.4 Å². The maximum Gasteiger partial charge on any atom is 0.337 e. The van der Waals surface area contributed by atoms with Gasteiger partial charge in [-0.05, 0) is 43.4 Å². The van der Waals surface area contributed by atoms with Gasteiger partial charge in [0.05, 0.1) is 5.56 Å². The summed E-state index contributed by atoms with van der Waals surface area (Å²) >= 11 is 0. The number of carboxylic acid groups (broad SMARTS) is 1. The first-order chi connectivity index (χ1) is 9.49. The van der Waals surface area contributed by atoms with Crippen LogP contribution in [-0.4, -0.2) is 37.9 Å². The van der Waals surface area contributed by atoms with E-state index in [4.69, 9.17) is 10.5 Å². The Morgan fingerprint density at radius 3 is 2.70 bits per heavy atom. The molecule has 1 fully saturated rings. The number of rotatable bonds is 4. The standard InChI is InChI=1S/C15H22N2O3/c1-10-7-12(8-13(14(10)16)15(18)19)17(2)9-11-3-5-20-6-4-11/h7-8,11H,3-6,9,16H2,1-2H3,(H,18,19). The number of anilines is 2. The SMILES string of the molecule is Cc1cc(N(C)CC2CCOCC2)cc(C(=O)O)c1N. The molecule has 0 atom stereocenters. The number of hydrogen-bond donors (Lipinski definition) is 2. The molecule has 0 radical (unpaired) electrons. The zero-order valence-corrected chi connectivity index (χ0v) is 12.1. The smallest absolute Gasteiger partial charge is 0.337 e. The van der Waals surface area contributed by atoms with Gasteiger partial charge in [0.2, 0.25) is 0 Å². The van der Waals surface area contributed by atoms with Crippen molar-refractivity contribution >= 4 is 17.3 Å².